The van der Waals surface area contributed by atoms with Crippen molar-refractivity contribution >= 4 is 17.5 Å². The number of anilines is 1. The summed E-state index contributed by atoms with van der Waals surface area (Å²) in [4.78, 5) is 29.0. The first kappa shape index (κ1) is 23.5. The first-order valence-electron chi connectivity index (χ1n) is 10.9. The van der Waals surface area contributed by atoms with Crippen molar-refractivity contribution in [3.8, 4) is 11.5 Å². The molecule has 2 amide bonds. The SMILES string of the molecule is CCCCOc1ccc(C(=O)N2CCN(CC(=O)Nc3ccc(F)cc3)CC2)cc1OC. The second kappa shape index (κ2) is 11.5. The van der Waals surface area contributed by atoms with Gasteiger partial charge < -0.3 is 19.7 Å². The second-order valence-corrected chi connectivity index (χ2v) is 7.69. The maximum absolute atomic E-state index is 13.0. The van der Waals surface area contributed by atoms with E-state index in [1.54, 1.807) is 30.2 Å². The van der Waals surface area contributed by atoms with Crippen molar-refractivity contribution in [3.05, 3.63) is 53.8 Å². The summed E-state index contributed by atoms with van der Waals surface area (Å²) < 4.78 is 24.1. The van der Waals surface area contributed by atoms with Crippen LogP contribution >= 0.6 is 0 Å². The van der Waals surface area contributed by atoms with E-state index in [9.17, 15) is 14.0 Å². The van der Waals surface area contributed by atoms with Gasteiger partial charge in [-0.1, -0.05) is 13.3 Å². The topological polar surface area (TPSA) is 71.1 Å². The Morgan fingerprint density at radius 1 is 1.03 bits per heavy atom. The van der Waals surface area contributed by atoms with Crippen LogP contribution in [0.25, 0.3) is 0 Å². The molecule has 0 spiro atoms. The van der Waals surface area contributed by atoms with E-state index in [1.165, 1.54) is 24.3 Å². The molecule has 0 atom stereocenters. The smallest absolute Gasteiger partial charge is 0.254 e. The normalized spacial score (nSPS) is 14.2. The van der Waals surface area contributed by atoms with Crippen molar-refractivity contribution in [2.75, 3.05) is 51.8 Å². The molecule has 0 saturated carbocycles. The molecular weight excluding hydrogens is 413 g/mol. The number of piperazine rings is 1. The molecule has 2 aromatic carbocycles. The van der Waals surface area contributed by atoms with Gasteiger partial charge in [0.15, 0.2) is 11.5 Å². The van der Waals surface area contributed by atoms with Crippen LogP contribution in [0.5, 0.6) is 11.5 Å². The number of methoxy groups -OCH3 is 1. The number of hydrogen-bond donors (Lipinski definition) is 1. The molecule has 0 bridgehead atoms. The fourth-order valence-corrected chi connectivity index (χ4v) is 3.47. The Kier molecular flexibility index (Phi) is 8.44. The predicted octanol–water partition coefficient (Wildman–Crippen LogP) is 3.41. The highest BCUT2D eigenvalue weighted by atomic mass is 19.1. The Labute approximate surface area is 188 Å². The number of amides is 2. The average Bonchev–Trinajstić information content (AvgIpc) is 2.81. The summed E-state index contributed by atoms with van der Waals surface area (Å²) in [6.45, 7) is 5.17. The molecule has 1 N–H and O–H groups in total. The summed E-state index contributed by atoms with van der Waals surface area (Å²) in [5, 5.41) is 2.76. The van der Waals surface area contributed by atoms with Crippen LogP contribution < -0.4 is 14.8 Å². The van der Waals surface area contributed by atoms with E-state index in [2.05, 4.69) is 12.2 Å². The molecule has 8 heteroatoms. The molecule has 1 heterocycles. The van der Waals surface area contributed by atoms with Crippen LogP contribution in [0.1, 0.15) is 30.1 Å². The van der Waals surface area contributed by atoms with Gasteiger partial charge in [-0.05, 0) is 48.9 Å². The van der Waals surface area contributed by atoms with Crippen LogP contribution in [-0.2, 0) is 4.79 Å². The molecule has 1 fully saturated rings. The highest BCUT2D eigenvalue weighted by Gasteiger charge is 2.24. The molecule has 172 valence electrons. The fraction of sp³-hybridized carbons (Fsp3) is 0.417. The van der Waals surface area contributed by atoms with Crippen molar-refractivity contribution in [1.82, 2.24) is 9.80 Å². The summed E-state index contributed by atoms with van der Waals surface area (Å²) in [5.74, 6) is 0.594. The summed E-state index contributed by atoms with van der Waals surface area (Å²) in [5.41, 5.74) is 1.11. The zero-order chi connectivity index (χ0) is 22.9. The van der Waals surface area contributed by atoms with Gasteiger partial charge in [-0.15, -0.1) is 0 Å². The number of ether oxygens (including phenoxy) is 2. The zero-order valence-corrected chi connectivity index (χ0v) is 18.6. The highest BCUT2D eigenvalue weighted by molar-refractivity contribution is 5.95. The van der Waals surface area contributed by atoms with Crippen LogP contribution in [0.2, 0.25) is 0 Å². The Bertz CT molecular complexity index is 912. The third-order valence-electron chi connectivity index (χ3n) is 5.32. The molecule has 1 aliphatic rings. The van der Waals surface area contributed by atoms with Crippen molar-refractivity contribution in [3.63, 3.8) is 0 Å². The standard InChI is InChI=1S/C24H30FN3O4/c1-3-4-15-32-21-10-5-18(16-22(21)31-2)24(30)28-13-11-27(12-14-28)17-23(29)26-20-8-6-19(25)7-9-20/h5-10,16H,3-4,11-15,17H2,1-2H3,(H,26,29). The van der Waals surface area contributed by atoms with Gasteiger partial charge in [0.1, 0.15) is 5.82 Å². The monoisotopic (exact) mass is 443 g/mol. The molecule has 7 nitrogen and oxygen atoms in total. The number of carbonyl (C=O) groups excluding carboxylic acids is 2. The molecule has 0 unspecified atom stereocenters. The minimum Gasteiger partial charge on any atom is -0.493 e. The molecule has 0 aliphatic carbocycles. The van der Waals surface area contributed by atoms with Crippen LogP contribution in [0.15, 0.2) is 42.5 Å². The lowest BCUT2D eigenvalue weighted by molar-refractivity contribution is -0.117. The quantitative estimate of drug-likeness (QED) is 0.602. The van der Waals surface area contributed by atoms with Crippen LogP contribution in [0.4, 0.5) is 10.1 Å². The van der Waals surface area contributed by atoms with Gasteiger partial charge >= 0.3 is 0 Å². The van der Waals surface area contributed by atoms with Crippen molar-refractivity contribution in [2.45, 2.75) is 19.8 Å². The molecule has 2 aromatic rings. The third-order valence-corrected chi connectivity index (χ3v) is 5.32. The lowest BCUT2D eigenvalue weighted by Gasteiger charge is -2.34. The molecule has 1 aliphatic heterocycles. The molecule has 32 heavy (non-hydrogen) atoms. The number of benzene rings is 2. The largest absolute Gasteiger partial charge is 0.493 e. The average molecular weight is 444 g/mol. The summed E-state index contributed by atoms with van der Waals surface area (Å²) >= 11 is 0. The zero-order valence-electron chi connectivity index (χ0n) is 18.6. The van der Waals surface area contributed by atoms with E-state index in [0.717, 1.165) is 12.8 Å². The summed E-state index contributed by atoms with van der Waals surface area (Å²) in [7, 11) is 1.56. The summed E-state index contributed by atoms with van der Waals surface area (Å²) in [6, 6.07) is 10.9. The Morgan fingerprint density at radius 2 is 1.75 bits per heavy atom. The van der Waals surface area contributed by atoms with Crippen molar-refractivity contribution < 1.29 is 23.5 Å². The van der Waals surface area contributed by atoms with E-state index < -0.39 is 0 Å². The number of hydrogen-bond acceptors (Lipinski definition) is 5. The Morgan fingerprint density at radius 3 is 2.41 bits per heavy atom. The number of unbranched alkanes of at least 4 members (excludes halogenated alkanes) is 1. The maximum atomic E-state index is 13.0. The van der Waals surface area contributed by atoms with Crippen LogP contribution in [0, 0.1) is 5.82 Å². The van der Waals surface area contributed by atoms with E-state index in [0.29, 0.717) is 55.5 Å². The van der Waals surface area contributed by atoms with Gasteiger partial charge in [0.2, 0.25) is 5.91 Å². The first-order valence-corrected chi connectivity index (χ1v) is 10.9. The van der Waals surface area contributed by atoms with Gasteiger partial charge in [-0.2, -0.15) is 0 Å². The van der Waals surface area contributed by atoms with E-state index in [-0.39, 0.29) is 24.2 Å². The Balaban J connectivity index is 1.50. The van der Waals surface area contributed by atoms with Gasteiger partial charge in [-0.3, -0.25) is 14.5 Å². The summed E-state index contributed by atoms with van der Waals surface area (Å²) in [6.07, 6.45) is 1.99. The van der Waals surface area contributed by atoms with Crippen molar-refractivity contribution in [2.24, 2.45) is 0 Å². The fourth-order valence-electron chi connectivity index (χ4n) is 3.47. The van der Waals surface area contributed by atoms with Gasteiger partial charge in [0, 0.05) is 37.4 Å². The molecule has 0 radical (unpaired) electrons. The molecule has 3 rings (SSSR count). The van der Waals surface area contributed by atoms with Crippen LogP contribution in [-0.4, -0.2) is 68.1 Å². The maximum Gasteiger partial charge on any atom is 0.254 e. The number of nitrogens with one attached hydrogen (secondary N) is 1. The number of rotatable bonds is 9. The lowest BCUT2D eigenvalue weighted by Crippen LogP contribution is -2.50. The van der Waals surface area contributed by atoms with E-state index in [4.69, 9.17) is 9.47 Å². The van der Waals surface area contributed by atoms with Gasteiger partial charge in [0.05, 0.1) is 20.3 Å². The second-order valence-electron chi connectivity index (χ2n) is 7.69. The Hall–Kier alpha value is -3.13. The van der Waals surface area contributed by atoms with Crippen molar-refractivity contribution in [1.29, 1.82) is 0 Å². The first-order chi connectivity index (χ1) is 15.5. The van der Waals surface area contributed by atoms with Gasteiger partial charge in [0.25, 0.3) is 5.91 Å². The molecule has 1 saturated heterocycles. The van der Waals surface area contributed by atoms with E-state index in [1.807, 2.05) is 4.90 Å². The minimum absolute atomic E-state index is 0.0705. The third kappa shape index (κ3) is 6.43. The highest BCUT2D eigenvalue weighted by Crippen LogP contribution is 2.29. The lowest BCUT2D eigenvalue weighted by atomic mass is 10.1. The molecule has 0 aromatic heterocycles. The molecular formula is C24H30FN3O4. The predicted molar refractivity (Wildman–Crippen MR) is 121 cm³/mol. The van der Waals surface area contributed by atoms with E-state index >= 15 is 0 Å². The van der Waals surface area contributed by atoms with Crippen LogP contribution in [0.3, 0.4) is 0 Å². The number of nitrogens with zero attached hydrogens (tertiary/aromatic N) is 2. The minimum atomic E-state index is -0.347. The number of halogens is 1. The number of carbonyl (C=O) groups is 2. The van der Waals surface area contributed by atoms with Gasteiger partial charge in [-0.25, -0.2) is 4.39 Å².